The molecule has 0 aromatic heterocycles. The minimum Gasteiger partial charge on any atom is -0.478 e. The number of nitrogens with two attached hydrogens (primary N) is 1. The van der Waals surface area contributed by atoms with Gasteiger partial charge in [-0.2, -0.15) is 0 Å². The lowest BCUT2D eigenvalue weighted by Gasteiger charge is -2.23. The molecule has 0 aliphatic carbocycles. The lowest BCUT2D eigenvalue weighted by Crippen LogP contribution is -2.37. The van der Waals surface area contributed by atoms with E-state index in [-0.39, 0.29) is 23.7 Å². The fourth-order valence-electron chi connectivity index (χ4n) is 2.33. The summed E-state index contributed by atoms with van der Waals surface area (Å²) in [5, 5.41) is 9.05. The van der Waals surface area contributed by atoms with Gasteiger partial charge in [0.2, 0.25) is 5.91 Å². The van der Waals surface area contributed by atoms with Crippen molar-refractivity contribution >= 4 is 23.3 Å². The number of likely N-dealkylation sites (N-methyl/N-ethyl adjacent to an activating group) is 1. The van der Waals surface area contributed by atoms with Gasteiger partial charge in [0, 0.05) is 31.5 Å². The van der Waals surface area contributed by atoms with E-state index in [4.69, 9.17) is 10.8 Å². The second-order valence-electron chi connectivity index (χ2n) is 5.02. The standard InChI is InChI=1S/C14H19N3O3/c1-16(9-13(18)17-6-2-3-7-17)10-4-5-12(15)11(8-10)14(19)20/h4-5,8H,2-3,6-7,9,15H2,1H3,(H,19,20). The quantitative estimate of drug-likeness (QED) is 0.803. The normalized spacial score (nSPS) is 14.3. The van der Waals surface area contributed by atoms with Crippen LogP contribution in [0.2, 0.25) is 0 Å². The van der Waals surface area contributed by atoms with Gasteiger partial charge < -0.3 is 20.6 Å². The van der Waals surface area contributed by atoms with Crippen LogP contribution in [0, 0.1) is 0 Å². The lowest BCUT2D eigenvalue weighted by molar-refractivity contribution is -0.128. The van der Waals surface area contributed by atoms with Gasteiger partial charge in [-0.05, 0) is 31.0 Å². The van der Waals surface area contributed by atoms with Gasteiger partial charge in [0.05, 0.1) is 12.1 Å². The summed E-state index contributed by atoms with van der Waals surface area (Å²) in [5.41, 5.74) is 6.57. The number of aromatic carboxylic acids is 1. The zero-order valence-corrected chi connectivity index (χ0v) is 11.5. The van der Waals surface area contributed by atoms with Gasteiger partial charge in [-0.25, -0.2) is 4.79 Å². The summed E-state index contributed by atoms with van der Waals surface area (Å²) in [4.78, 5) is 26.7. The highest BCUT2D eigenvalue weighted by atomic mass is 16.4. The molecule has 6 heteroatoms. The highest BCUT2D eigenvalue weighted by Gasteiger charge is 2.19. The summed E-state index contributed by atoms with van der Waals surface area (Å²) in [6.07, 6.45) is 2.11. The van der Waals surface area contributed by atoms with E-state index in [1.165, 1.54) is 6.07 Å². The summed E-state index contributed by atoms with van der Waals surface area (Å²) in [6.45, 7) is 1.87. The number of nitrogen functional groups attached to an aromatic ring is 1. The number of hydrogen-bond acceptors (Lipinski definition) is 4. The van der Waals surface area contributed by atoms with E-state index in [1.54, 1.807) is 24.1 Å². The van der Waals surface area contributed by atoms with Gasteiger partial charge in [-0.1, -0.05) is 0 Å². The SMILES string of the molecule is CN(CC(=O)N1CCCC1)c1ccc(N)c(C(=O)O)c1. The summed E-state index contributed by atoms with van der Waals surface area (Å²) >= 11 is 0. The molecule has 3 N–H and O–H groups in total. The molecule has 1 aliphatic rings. The summed E-state index contributed by atoms with van der Waals surface area (Å²) in [7, 11) is 1.77. The first kappa shape index (κ1) is 14.2. The molecule has 1 fully saturated rings. The third-order valence-electron chi connectivity index (χ3n) is 3.54. The van der Waals surface area contributed by atoms with E-state index < -0.39 is 5.97 Å². The first-order chi connectivity index (χ1) is 9.49. The first-order valence-electron chi connectivity index (χ1n) is 6.61. The number of carbonyl (C=O) groups is 2. The minimum absolute atomic E-state index is 0.0583. The average molecular weight is 277 g/mol. The van der Waals surface area contributed by atoms with Crippen LogP contribution in [0.4, 0.5) is 11.4 Å². The molecule has 0 unspecified atom stereocenters. The molecule has 0 bridgehead atoms. The fourth-order valence-corrected chi connectivity index (χ4v) is 2.33. The Morgan fingerprint density at radius 2 is 2.00 bits per heavy atom. The number of anilines is 2. The minimum atomic E-state index is -1.07. The molecule has 20 heavy (non-hydrogen) atoms. The highest BCUT2D eigenvalue weighted by Crippen LogP contribution is 2.21. The van der Waals surface area contributed by atoms with Crippen LogP contribution in [0.15, 0.2) is 18.2 Å². The van der Waals surface area contributed by atoms with Crippen LogP contribution in [0.25, 0.3) is 0 Å². The molecule has 0 atom stereocenters. The topological polar surface area (TPSA) is 86.9 Å². The number of likely N-dealkylation sites (tertiary alicyclic amines) is 1. The number of nitrogens with zero attached hydrogens (tertiary/aromatic N) is 2. The van der Waals surface area contributed by atoms with Crippen LogP contribution in [0.3, 0.4) is 0 Å². The van der Waals surface area contributed by atoms with E-state index in [2.05, 4.69) is 0 Å². The Balaban J connectivity index is 2.08. The summed E-state index contributed by atoms with van der Waals surface area (Å²) in [6, 6.07) is 4.77. The smallest absolute Gasteiger partial charge is 0.337 e. The Morgan fingerprint density at radius 1 is 1.35 bits per heavy atom. The van der Waals surface area contributed by atoms with Crippen molar-refractivity contribution < 1.29 is 14.7 Å². The van der Waals surface area contributed by atoms with Crippen LogP contribution >= 0.6 is 0 Å². The van der Waals surface area contributed by atoms with Crippen molar-refractivity contribution in [2.75, 3.05) is 37.3 Å². The van der Waals surface area contributed by atoms with Crippen molar-refractivity contribution in [3.8, 4) is 0 Å². The molecule has 108 valence electrons. The van der Waals surface area contributed by atoms with Crippen LogP contribution in [-0.4, -0.2) is 48.6 Å². The summed E-state index contributed by atoms with van der Waals surface area (Å²) < 4.78 is 0. The largest absolute Gasteiger partial charge is 0.478 e. The molecule has 1 saturated heterocycles. The van der Waals surface area contributed by atoms with Crippen molar-refractivity contribution in [2.24, 2.45) is 0 Å². The molecule has 1 aliphatic heterocycles. The van der Waals surface area contributed by atoms with E-state index in [1.807, 2.05) is 4.90 Å². The fraction of sp³-hybridized carbons (Fsp3) is 0.429. The number of carboxylic acid groups (broad SMARTS) is 1. The molecule has 1 amide bonds. The Hall–Kier alpha value is -2.24. The zero-order chi connectivity index (χ0) is 14.7. The highest BCUT2D eigenvalue weighted by molar-refractivity contribution is 5.95. The van der Waals surface area contributed by atoms with Gasteiger partial charge in [0.15, 0.2) is 0 Å². The van der Waals surface area contributed by atoms with Gasteiger partial charge in [0.1, 0.15) is 0 Å². The zero-order valence-electron chi connectivity index (χ0n) is 11.5. The van der Waals surface area contributed by atoms with Crippen LogP contribution in [-0.2, 0) is 4.79 Å². The van der Waals surface area contributed by atoms with E-state index in [9.17, 15) is 9.59 Å². The molecule has 1 aromatic carbocycles. The Bertz CT molecular complexity index is 524. The average Bonchev–Trinajstić information content (AvgIpc) is 2.92. The predicted octanol–water partition coefficient (Wildman–Crippen LogP) is 1.03. The lowest BCUT2D eigenvalue weighted by atomic mass is 10.1. The predicted molar refractivity (Wildman–Crippen MR) is 76.9 cm³/mol. The molecule has 6 nitrogen and oxygen atoms in total. The monoisotopic (exact) mass is 277 g/mol. The second kappa shape index (κ2) is 5.81. The van der Waals surface area contributed by atoms with Crippen molar-refractivity contribution in [1.29, 1.82) is 0 Å². The molecular formula is C14H19N3O3. The number of benzene rings is 1. The van der Waals surface area contributed by atoms with Crippen molar-refractivity contribution in [3.05, 3.63) is 23.8 Å². The van der Waals surface area contributed by atoms with Crippen LogP contribution < -0.4 is 10.6 Å². The second-order valence-corrected chi connectivity index (χ2v) is 5.02. The Kier molecular flexibility index (Phi) is 4.12. The molecule has 0 radical (unpaired) electrons. The number of carboxylic acids is 1. The number of amides is 1. The van der Waals surface area contributed by atoms with E-state index in [0.29, 0.717) is 5.69 Å². The molecule has 0 spiro atoms. The van der Waals surface area contributed by atoms with Crippen LogP contribution in [0.5, 0.6) is 0 Å². The maximum Gasteiger partial charge on any atom is 0.337 e. The van der Waals surface area contributed by atoms with Crippen molar-refractivity contribution in [3.63, 3.8) is 0 Å². The molecular weight excluding hydrogens is 258 g/mol. The molecule has 0 saturated carbocycles. The van der Waals surface area contributed by atoms with E-state index in [0.717, 1.165) is 25.9 Å². The Morgan fingerprint density at radius 3 is 2.60 bits per heavy atom. The third kappa shape index (κ3) is 3.01. The summed E-state index contributed by atoms with van der Waals surface area (Å²) in [5.74, 6) is -0.998. The van der Waals surface area contributed by atoms with Gasteiger partial charge in [-0.15, -0.1) is 0 Å². The number of rotatable bonds is 4. The first-order valence-corrected chi connectivity index (χ1v) is 6.61. The van der Waals surface area contributed by atoms with Crippen LogP contribution in [0.1, 0.15) is 23.2 Å². The molecule has 1 heterocycles. The maximum atomic E-state index is 12.1. The Labute approximate surface area is 117 Å². The third-order valence-corrected chi connectivity index (χ3v) is 3.54. The maximum absolute atomic E-state index is 12.1. The van der Waals surface area contributed by atoms with Gasteiger partial charge in [0.25, 0.3) is 0 Å². The van der Waals surface area contributed by atoms with Crippen molar-refractivity contribution in [2.45, 2.75) is 12.8 Å². The number of carbonyl (C=O) groups excluding carboxylic acids is 1. The molecule has 2 rings (SSSR count). The van der Waals surface area contributed by atoms with Gasteiger partial charge in [-0.3, -0.25) is 4.79 Å². The molecule has 1 aromatic rings. The van der Waals surface area contributed by atoms with Crippen molar-refractivity contribution in [1.82, 2.24) is 4.90 Å². The van der Waals surface area contributed by atoms with E-state index >= 15 is 0 Å². The van der Waals surface area contributed by atoms with Gasteiger partial charge >= 0.3 is 5.97 Å². The number of hydrogen-bond donors (Lipinski definition) is 2.